The van der Waals surface area contributed by atoms with Crippen molar-refractivity contribution >= 4 is 11.6 Å². The van der Waals surface area contributed by atoms with E-state index >= 15 is 0 Å². The fourth-order valence-corrected chi connectivity index (χ4v) is 3.19. The topological polar surface area (TPSA) is 59.6 Å². The Morgan fingerprint density at radius 3 is 2.32 bits per heavy atom. The SMILES string of the molecule is COc1ccc(NC(N)=NCC2(c3c(F)cccc3F)CCC2)cc1. The van der Waals surface area contributed by atoms with E-state index in [9.17, 15) is 8.78 Å². The van der Waals surface area contributed by atoms with Crippen LogP contribution in [0.25, 0.3) is 0 Å². The van der Waals surface area contributed by atoms with Gasteiger partial charge in [-0.3, -0.25) is 4.99 Å². The summed E-state index contributed by atoms with van der Waals surface area (Å²) in [5.74, 6) is -0.0779. The van der Waals surface area contributed by atoms with E-state index in [2.05, 4.69) is 10.3 Å². The molecule has 0 amide bonds. The van der Waals surface area contributed by atoms with Gasteiger partial charge in [0.2, 0.25) is 0 Å². The molecule has 1 saturated carbocycles. The molecule has 2 aromatic rings. The van der Waals surface area contributed by atoms with Crippen LogP contribution >= 0.6 is 0 Å². The molecule has 0 unspecified atom stereocenters. The van der Waals surface area contributed by atoms with Gasteiger partial charge in [-0.15, -0.1) is 0 Å². The van der Waals surface area contributed by atoms with E-state index in [0.29, 0.717) is 12.8 Å². The highest BCUT2D eigenvalue weighted by Crippen LogP contribution is 2.46. The van der Waals surface area contributed by atoms with Crippen molar-refractivity contribution in [2.45, 2.75) is 24.7 Å². The first kappa shape index (κ1) is 17.2. The molecule has 3 N–H and O–H groups in total. The van der Waals surface area contributed by atoms with Crippen LogP contribution in [-0.4, -0.2) is 19.6 Å². The van der Waals surface area contributed by atoms with Crippen LogP contribution in [0.3, 0.4) is 0 Å². The highest BCUT2D eigenvalue weighted by Gasteiger charge is 2.42. The first-order chi connectivity index (χ1) is 12.0. The van der Waals surface area contributed by atoms with Gasteiger partial charge in [-0.1, -0.05) is 12.5 Å². The summed E-state index contributed by atoms with van der Waals surface area (Å²) in [6.45, 7) is 0.250. The van der Waals surface area contributed by atoms with Gasteiger partial charge in [-0.2, -0.15) is 0 Å². The van der Waals surface area contributed by atoms with Crippen LogP contribution in [-0.2, 0) is 5.41 Å². The molecule has 1 fully saturated rings. The average Bonchev–Trinajstić information content (AvgIpc) is 2.56. The minimum absolute atomic E-state index is 0.127. The molecule has 25 heavy (non-hydrogen) atoms. The number of hydrogen-bond acceptors (Lipinski definition) is 2. The molecular formula is C19H21F2N3O. The van der Waals surface area contributed by atoms with Crippen LogP contribution in [0.2, 0.25) is 0 Å². The average molecular weight is 345 g/mol. The Labute approximate surface area is 145 Å². The number of guanidine groups is 1. The lowest BCUT2D eigenvalue weighted by atomic mass is 9.64. The number of rotatable bonds is 5. The first-order valence-electron chi connectivity index (χ1n) is 8.19. The first-order valence-corrected chi connectivity index (χ1v) is 8.19. The van der Waals surface area contributed by atoms with E-state index < -0.39 is 17.0 Å². The molecule has 0 saturated heterocycles. The molecule has 0 aromatic heterocycles. The summed E-state index contributed by atoms with van der Waals surface area (Å²) in [4.78, 5) is 4.33. The fourth-order valence-electron chi connectivity index (χ4n) is 3.19. The standard InChI is InChI=1S/C19H21F2N3O/c1-25-14-8-6-13(7-9-14)24-18(22)23-12-19(10-3-11-19)17-15(20)4-2-5-16(17)21/h2,4-9H,3,10-12H2,1H3,(H3,22,23,24). The molecule has 4 nitrogen and oxygen atoms in total. The summed E-state index contributed by atoms with van der Waals surface area (Å²) < 4.78 is 33.4. The van der Waals surface area contributed by atoms with Gasteiger partial charge in [0.15, 0.2) is 5.96 Å². The summed E-state index contributed by atoms with van der Waals surface area (Å²) in [5, 5.41) is 2.98. The van der Waals surface area contributed by atoms with E-state index in [1.165, 1.54) is 18.2 Å². The second kappa shape index (κ2) is 7.09. The molecule has 2 aromatic carbocycles. The number of hydrogen-bond donors (Lipinski definition) is 2. The molecule has 132 valence electrons. The third-order valence-corrected chi connectivity index (χ3v) is 4.72. The van der Waals surface area contributed by atoms with Gasteiger partial charge in [0.1, 0.15) is 17.4 Å². The lowest BCUT2D eigenvalue weighted by Gasteiger charge is -2.41. The second-order valence-corrected chi connectivity index (χ2v) is 6.29. The predicted octanol–water partition coefficient (Wildman–Crippen LogP) is 3.82. The zero-order chi connectivity index (χ0) is 17.9. The number of nitrogens with two attached hydrogens (primary N) is 1. The van der Waals surface area contributed by atoms with Crippen LogP contribution in [0.1, 0.15) is 24.8 Å². The second-order valence-electron chi connectivity index (χ2n) is 6.29. The number of ether oxygens (including phenoxy) is 1. The van der Waals surface area contributed by atoms with E-state index in [-0.39, 0.29) is 18.1 Å². The molecular weight excluding hydrogens is 324 g/mol. The predicted molar refractivity (Wildman–Crippen MR) is 95.0 cm³/mol. The minimum atomic E-state index is -0.609. The van der Waals surface area contributed by atoms with Gasteiger partial charge < -0.3 is 15.8 Å². The maximum Gasteiger partial charge on any atom is 0.193 e. The van der Waals surface area contributed by atoms with Crippen molar-refractivity contribution in [3.63, 3.8) is 0 Å². The van der Waals surface area contributed by atoms with E-state index in [4.69, 9.17) is 10.5 Å². The zero-order valence-corrected chi connectivity index (χ0v) is 14.1. The number of methoxy groups -OCH3 is 1. The van der Waals surface area contributed by atoms with Gasteiger partial charge in [-0.05, 0) is 49.2 Å². The number of nitrogens with one attached hydrogen (secondary N) is 1. The highest BCUT2D eigenvalue weighted by atomic mass is 19.1. The van der Waals surface area contributed by atoms with Gasteiger partial charge in [0.25, 0.3) is 0 Å². The van der Waals surface area contributed by atoms with E-state index in [1.807, 2.05) is 12.1 Å². The molecule has 1 aliphatic rings. The van der Waals surface area contributed by atoms with Gasteiger partial charge in [0.05, 0.1) is 13.7 Å². The Hall–Kier alpha value is -2.63. The minimum Gasteiger partial charge on any atom is -0.497 e. The highest BCUT2D eigenvalue weighted by molar-refractivity contribution is 5.92. The Bertz CT molecular complexity index is 750. The molecule has 0 aliphatic heterocycles. The summed E-state index contributed by atoms with van der Waals surface area (Å²) >= 11 is 0. The molecule has 0 heterocycles. The normalized spacial score (nSPS) is 16.2. The summed E-state index contributed by atoms with van der Waals surface area (Å²) in [6.07, 6.45) is 2.32. The zero-order valence-electron chi connectivity index (χ0n) is 14.1. The lowest BCUT2D eigenvalue weighted by molar-refractivity contribution is 0.236. The molecule has 0 bridgehead atoms. The third-order valence-electron chi connectivity index (χ3n) is 4.72. The Morgan fingerprint density at radius 1 is 1.16 bits per heavy atom. The van der Waals surface area contributed by atoms with Crippen molar-refractivity contribution in [3.8, 4) is 5.75 Å². The van der Waals surface area contributed by atoms with E-state index in [0.717, 1.165) is 17.9 Å². The Balaban J connectivity index is 1.74. The molecule has 0 spiro atoms. The quantitative estimate of drug-likeness (QED) is 0.640. The number of halogens is 2. The summed E-state index contributed by atoms with van der Waals surface area (Å²) in [7, 11) is 1.60. The van der Waals surface area contributed by atoms with Gasteiger partial charge in [-0.25, -0.2) is 8.78 Å². The van der Waals surface area contributed by atoms with Crippen LogP contribution in [0.5, 0.6) is 5.75 Å². The Kier molecular flexibility index (Phi) is 4.88. The maximum absolute atomic E-state index is 14.2. The molecule has 0 radical (unpaired) electrons. The summed E-state index contributed by atoms with van der Waals surface area (Å²) in [6, 6.07) is 11.2. The number of nitrogens with zero attached hydrogens (tertiary/aromatic N) is 1. The molecule has 0 atom stereocenters. The molecule has 1 aliphatic carbocycles. The van der Waals surface area contributed by atoms with Crippen molar-refractivity contribution in [1.29, 1.82) is 0 Å². The van der Waals surface area contributed by atoms with Crippen LogP contribution in [0.15, 0.2) is 47.5 Å². The maximum atomic E-state index is 14.2. The number of anilines is 1. The van der Waals surface area contributed by atoms with Crippen molar-refractivity contribution in [2.75, 3.05) is 19.0 Å². The van der Waals surface area contributed by atoms with Crippen molar-refractivity contribution in [3.05, 3.63) is 59.7 Å². The monoisotopic (exact) mass is 345 g/mol. The number of benzene rings is 2. The van der Waals surface area contributed by atoms with Crippen molar-refractivity contribution < 1.29 is 13.5 Å². The fraction of sp³-hybridized carbons (Fsp3) is 0.316. The van der Waals surface area contributed by atoms with Gasteiger partial charge >= 0.3 is 0 Å². The van der Waals surface area contributed by atoms with Crippen LogP contribution in [0, 0.1) is 11.6 Å². The van der Waals surface area contributed by atoms with E-state index in [1.54, 1.807) is 19.2 Å². The smallest absolute Gasteiger partial charge is 0.193 e. The van der Waals surface area contributed by atoms with Crippen LogP contribution < -0.4 is 15.8 Å². The molecule has 6 heteroatoms. The van der Waals surface area contributed by atoms with Gasteiger partial charge in [0, 0.05) is 16.7 Å². The van der Waals surface area contributed by atoms with Crippen molar-refractivity contribution in [1.82, 2.24) is 0 Å². The summed E-state index contributed by atoms with van der Waals surface area (Å²) in [5.41, 5.74) is 6.22. The number of aliphatic imine (C=N–C) groups is 1. The lowest BCUT2D eigenvalue weighted by Crippen LogP contribution is -2.40. The molecule has 3 rings (SSSR count). The largest absolute Gasteiger partial charge is 0.497 e. The van der Waals surface area contributed by atoms with Crippen molar-refractivity contribution in [2.24, 2.45) is 10.7 Å². The van der Waals surface area contributed by atoms with Crippen LogP contribution in [0.4, 0.5) is 14.5 Å². The Morgan fingerprint density at radius 2 is 1.80 bits per heavy atom. The third kappa shape index (κ3) is 3.57.